The van der Waals surface area contributed by atoms with E-state index in [1.807, 2.05) is 6.08 Å². The highest BCUT2D eigenvalue weighted by molar-refractivity contribution is 5.72. The van der Waals surface area contributed by atoms with Crippen molar-refractivity contribution in [3.05, 3.63) is 85.1 Å². The molecule has 0 aromatic carbocycles. The van der Waals surface area contributed by atoms with E-state index in [0.717, 1.165) is 83.5 Å². The maximum Gasteiger partial charge on any atom is 0.309 e. The highest BCUT2D eigenvalue weighted by Crippen LogP contribution is 2.18. The summed E-state index contributed by atoms with van der Waals surface area (Å²) in [5.74, 6) is -1.04. The molecule has 79 heavy (non-hydrogen) atoms. The standard InChI is InChI=1S/C73H128O6/c1-4-7-10-13-16-19-22-25-28-30-31-32-33-34-35-36-37-38-39-40-41-43-45-48-51-54-57-60-63-66-72(75)78-69-70(68-77-71(74)65-62-59-56-53-50-47-44-27-24-21-18-15-12-9-6-3)79-73(76)67-64-61-58-55-52-49-46-42-29-26-23-20-17-14-11-8-5-2/h9,12,17-18,20-21,26-27,29,44,50,53,59,62,70H,4-8,10-11,13-16,19,22-25,28,30-43,45-49,51-52,54-58,60-61,63-69H2,1-3H3/b12-9-,20-17-,21-18-,29-26-,44-27-,53-50-,62-59-. The van der Waals surface area contributed by atoms with Crippen LogP contribution in [0.3, 0.4) is 0 Å². The number of ether oxygens (including phenoxy) is 3. The van der Waals surface area contributed by atoms with Crippen LogP contribution in [-0.2, 0) is 28.6 Å². The molecule has 0 aromatic heterocycles. The van der Waals surface area contributed by atoms with Gasteiger partial charge in [-0.3, -0.25) is 14.4 Å². The topological polar surface area (TPSA) is 78.9 Å². The molecular formula is C73H128O6. The third kappa shape index (κ3) is 65.3. The molecule has 0 saturated carbocycles. The Morgan fingerprint density at radius 3 is 0.911 bits per heavy atom. The van der Waals surface area contributed by atoms with Crippen molar-refractivity contribution in [2.75, 3.05) is 13.2 Å². The monoisotopic (exact) mass is 1100 g/mol. The maximum absolute atomic E-state index is 12.9. The molecule has 0 radical (unpaired) electrons. The Hall–Kier alpha value is -3.41. The van der Waals surface area contributed by atoms with Crippen LogP contribution in [0.4, 0.5) is 0 Å². The van der Waals surface area contributed by atoms with Crippen LogP contribution < -0.4 is 0 Å². The molecule has 0 saturated heterocycles. The average molecular weight is 1100 g/mol. The largest absolute Gasteiger partial charge is 0.462 e. The van der Waals surface area contributed by atoms with E-state index >= 15 is 0 Å². The zero-order valence-electron chi connectivity index (χ0n) is 52.4. The lowest BCUT2D eigenvalue weighted by Crippen LogP contribution is -2.30. The zero-order chi connectivity index (χ0) is 57.1. The fourth-order valence-electron chi connectivity index (χ4n) is 9.84. The SMILES string of the molecule is CC/C=C\C/C=C\C/C=C\C/C=C\C/C=C\CC(=O)OCC(COC(=O)CCCCCCCCCCCCCCCCCCCCCCCCCCCCCCC)OC(=O)CCCCCCCCC/C=C\C/C=C\CCCCC. The van der Waals surface area contributed by atoms with Crippen LogP contribution in [0.2, 0.25) is 0 Å². The van der Waals surface area contributed by atoms with Crippen molar-refractivity contribution in [3.8, 4) is 0 Å². The molecule has 456 valence electrons. The Bertz CT molecular complexity index is 1500. The number of carbonyl (C=O) groups excluding carboxylic acids is 3. The number of unbranched alkanes of at least 4 members (excludes halogenated alkanes) is 38. The Balaban J connectivity index is 4.28. The Morgan fingerprint density at radius 2 is 0.544 bits per heavy atom. The van der Waals surface area contributed by atoms with Crippen molar-refractivity contribution in [1.29, 1.82) is 0 Å². The van der Waals surface area contributed by atoms with Crippen LogP contribution >= 0.6 is 0 Å². The lowest BCUT2D eigenvalue weighted by molar-refractivity contribution is -0.166. The minimum Gasteiger partial charge on any atom is -0.462 e. The summed E-state index contributed by atoms with van der Waals surface area (Å²) in [4.78, 5) is 38.3. The number of allylic oxidation sites excluding steroid dienone is 13. The molecule has 6 nitrogen and oxygen atoms in total. The van der Waals surface area contributed by atoms with Gasteiger partial charge in [-0.2, -0.15) is 0 Å². The molecule has 0 N–H and O–H groups in total. The quantitative estimate of drug-likeness (QED) is 0.0261. The van der Waals surface area contributed by atoms with Gasteiger partial charge < -0.3 is 14.2 Å². The molecule has 1 unspecified atom stereocenters. The van der Waals surface area contributed by atoms with E-state index in [0.29, 0.717) is 12.8 Å². The third-order valence-electron chi connectivity index (χ3n) is 14.9. The van der Waals surface area contributed by atoms with Gasteiger partial charge in [0.2, 0.25) is 0 Å². The first-order chi connectivity index (χ1) is 39.0. The molecule has 0 aliphatic heterocycles. The summed E-state index contributed by atoms with van der Waals surface area (Å²) in [5, 5.41) is 0. The molecular weight excluding hydrogens is 973 g/mol. The smallest absolute Gasteiger partial charge is 0.309 e. The van der Waals surface area contributed by atoms with Gasteiger partial charge in [-0.15, -0.1) is 0 Å². The highest BCUT2D eigenvalue weighted by atomic mass is 16.6. The van der Waals surface area contributed by atoms with Crippen LogP contribution in [0, 0.1) is 0 Å². The van der Waals surface area contributed by atoms with Gasteiger partial charge >= 0.3 is 17.9 Å². The fourth-order valence-corrected chi connectivity index (χ4v) is 9.84. The number of hydrogen-bond acceptors (Lipinski definition) is 6. The molecule has 0 amide bonds. The molecule has 0 aromatic rings. The first kappa shape index (κ1) is 75.6. The Morgan fingerprint density at radius 1 is 0.278 bits per heavy atom. The minimum absolute atomic E-state index is 0.107. The maximum atomic E-state index is 12.9. The van der Waals surface area contributed by atoms with Gasteiger partial charge in [0, 0.05) is 12.8 Å². The minimum atomic E-state index is -0.821. The number of carbonyl (C=O) groups is 3. The van der Waals surface area contributed by atoms with E-state index in [2.05, 4.69) is 93.7 Å². The Kier molecular flexibility index (Phi) is 64.2. The van der Waals surface area contributed by atoms with E-state index < -0.39 is 12.1 Å². The lowest BCUT2D eigenvalue weighted by atomic mass is 10.0. The second-order valence-electron chi connectivity index (χ2n) is 22.7. The average Bonchev–Trinajstić information content (AvgIpc) is 3.45. The van der Waals surface area contributed by atoms with Crippen LogP contribution in [0.15, 0.2) is 85.1 Å². The molecule has 6 heteroatoms. The van der Waals surface area contributed by atoms with Crippen LogP contribution in [0.1, 0.15) is 342 Å². The molecule has 0 aliphatic rings. The number of hydrogen-bond donors (Lipinski definition) is 0. The normalized spacial score (nSPS) is 12.6. The number of rotatable bonds is 62. The van der Waals surface area contributed by atoms with Gasteiger partial charge in [-0.05, 0) is 77.0 Å². The summed E-state index contributed by atoms with van der Waals surface area (Å²) in [6, 6.07) is 0. The summed E-state index contributed by atoms with van der Waals surface area (Å²) >= 11 is 0. The predicted molar refractivity (Wildman–Crippen MR) is 344 cm³/mol. The molecule has 0 heterocycles. The van der Waals surface area contributed by atoms with Crippen LogP contribution in [0.5, 0.6) is 0 Å². The zero-order valence-corrected chi connectivity index (χ0v) is 52.4. The van der Waals surface area contributed by atoms with Gasteiger partial charge in [0.1, 0.15) is 13.2 Å². The van der Waals surface area contributed by atoms with Gasteiger partial charge in [0.15, 0.2) is 6.10 Å². The predicted octanol–water partition coefficient (Wildman–Crippen LogP) is 23.4. The van der Waals surface area contributed by atoms with Crippen molar-refractivity contribution in [2.45, 2.75) is 348 Å². The van der Waals surface area contributed by atoms with E-state index in [1.54, 1.807) is 6.08 Å². The van der Waals surface area contributed by atoms with E-state index in [4.69, 9.17) is 14.2 Å². The number of esters is 3. The van der Waals surface area contributed by atoms with Crippen molar-refractivity contribution < 1.29 is 28.6 Å². The highest BCUT2D eigenvalue weighted by Gasteiger charge is 2.19. The fraction of sp³-hybridized carbons (Fsp3) is 0.767. The molecule has 0 rings (SSSR count). The van der Waals surface area contributed by atoms with Crippen molar-refractivity contribution in [2.24, 2.45) is 0 Å². The third-order valence-corrected chi connectivity index (χ3v) is 14.9. The summed E-state index contributed by atoms with van der Waals surface area (Å²) in [5.41, 5.74) is 0. The van der Waals surface area contributed by atoms with E-state index in [1.165, 1.54) is 218 Å². The van der Waals surface area contributed by atoms with Crippen molar-refractivity contribution in [3.63, 3.8) is 0 Å². The molecule has 0 fully saturated rings. The molecule has 1 atom stereocenters. The summed E-state index contributed by atoms with van der Waals surface area (Å²) in [6.45, 7) is 6.45. The molecule has 0 spiro atoms. The van der Waals surface area contributed by atoms with Gasteiger partial charge in [-0.25, -0.2) is 0 Å². The van der Waals surface area contributed by atoms with Gasteiger partial charge in [0.05, 0.1) is 6.42 Å². The first-order valence-corrected chi connectivity index (χ1v) is 34.1. The summed E-state index contributed by atoms with van der Waals surface area (Å²) in [7, 11) is 0. The molecule has 0 bridgehead atoms. The second kappa shape index (κ2) is 67.1. The molecule has 0 aliphatic carbocycles. The van der Waals surface area contributed by atoms with E-state index in [9.17, 15) is 14.4 Å². The first-order valence-electron chi connectivity index (χ1n) is 34.1. The van der Waals surface area contributed by atoms with Gasteiger partial charge in [-0.1, -0.05) is 331 Å². The van der Waals surface area contributed by atoms with Crippen molar-refractivity contribution >= 4 is 17.9 Å². The Labute approximate surface area is 490 Å². The summed E-state index contributed by atoms with van der Waals surface area (Å²) in [6.07, 6.45) is 89.3. The van der Waals surface area contributed by atoms with Gasteiger partial charge in [0.25, 0.3) is 0 Å². The van der Waals surface area contributed by atoms with Crippen molar-refractivity contribution in [1.82, 2.24) is 0 Å². The lowest BCUT2D eigenvalue weighted by Gasteiger charge is -2.18. The summed E-state index contributed by atoms with van der Waals surface area (Å²) < 4.78 is 16.8. The van der Waals surface area contributed by atoms with E-state index in [-0.39, 0.29) is 31.6 Å². The van der Waals surface area contributed by atoms with Crippen LogP contribution in [0.25, 0.3) is 0 Å². The second-order valence-corrected chi connectivity index (χ2v) is 22.7. The van der Waals surface area contributed by atoms with Crippen LogP contribution in [-0.4, -0.2) is 37.2 Å².